The summed E-state index contributed by atoms with van der Waals surface area (Å²) in [5.41, 5.74) is 0.372. The number of hydrogen-bond donors (Lipinski definition) is 2. The summed E-state index contributed by atoms with van der Waals surface area (Å²) in [7, 11) is 0. The predicted octanol–water partition coefficient (Wildman–Crippen LogP) is 2.46. The highest BCUT2D eigenvalue weighted by atomic mass is 32.1. The molecule has 0 bridgehead atoms. The quantitative estimate of drug-likeness (QED) is 0.566. The van der Waals surface area contributed by atoms with Crippen molar-refractivity contribution in [2.75, 3.05) is 19.8 Å². The molecule has 1 aliphatic carbocycles. The second kappa shape index (κ2) is 7.17. The SMILES string of the molecule is CCOCCCNC(=S)NC1CCCC1(C)C. The fraction of sp³-hybridized carbons (Fsp3) is 0.923. The Hall–Kier alpha value is -0.350. The van der Waals surface area contributed by atoms with Gasteiger partial charge in [0.1, 0.15) is 0 Å². The largest absolute Gasteiger partial charge is 0.382 e. The lowest BCUT2D eigenvalue weighted by molar-refractivity contribution is 0.145. The van der Waals surface area contributed by atoms with Gasteiger partial charge in [-0.15, -0.1) is 0 Å². The molecule has 0 aromatic heterocycles. The minimum Gasteiger partial charge on any atom is -0.382 e. The van der Waals surface area contributed by atoms with Gasteiger partial charge in [0, 0.05) is 25.8 Å². The highest BCUT2D eigenvalue weighted by Crippen LogP contribution is 2.36. The first-order chi connectivity index (χ1) is 8.06. The van der Waals surface area contributed by atoms with E-state index >= 15 is 0 Å². The molecule has 1 saturated carbocycles. The van der Waals surface area contributed by atoms with Gasteiger partial charge in [-0.3, -0.25) is 0 Å². The summed E-state index contributed by atoms with van der Waals surface area (Å²) in [6.07, 6.45) is 4.83. The molecule has 4 heteroatoms. The fourth-order valence-corrected chi connectivity index (χ4v) is 2.57. The Bertz CT molecular complexity index is 244. The van der Waals surface area contributed by atoms with Crippen molar-refractivity contribution >= 4 is 17.3 Å². The van der Waals surface area contributed by atoms with Gasteiger partial charge in [0.2, 0.25) is 0 Å². The van der Waals surface area contributed by atoms with Crippen LogP contribution in [0, 0.1) is 5.41 Å². The van der Waals surface area contributed by atoms with Crippen molar-refractivity contribution in [2.45, 2.75) is 52.5 Å². The molecule has 0 heterocycles. The summed E-state index contributed by atoms with van der Waals surface area (Å²) >= 11 is 5.31. The highest BCUT2D eigenvalue weighted by Gasteiger charge is 2.34. The fourth-order valence-electron chi connectivity index (χ4n) is 2.32. The zero-order chi connectivity index (χ0) is 12.7. The Morgan fingerprint density at radius 2 is 2.24 bits per heavy atom. The molecule has 0 amide bonds. The molecule has 3 nitrogen and oxygen atoms in total. The number of hydrogen-bond acceptors (Lipinski definition) is 2. The zero-order valence-electron chi connectivity index (χ0n) is 11.3. The van der Waals surface area contributed by atoms with Gasteiger partial charge in [-0.2, -0.15) is 0 Å². The molecule has 1 atom stereocenters. The lowest BCUT2D eigenvalue weighted by Crippen LogP contribution is -2.46. The number of ether oxygens (including phenoxy) is 1. The smallest absolute Gasteiger partial charge is 0.166 e. The van der Waals surface area contributed by atoms with Crippen LogP contribution in [0.4, 0.5) is 0 Å². The average molecular weight is 258 g/mol. The first kappa shape index (κ1) is 14.7. The van der Waals surface area contributed by atoms with Gasteiger partial charge in [0.15, 0.2) is 5.11 Å². The molecule has 1 unspecified atom stereocenters. The Labute approximate surface area is 111 Å². The molecule has 0 saturated heterocycles. The van der Waals surface area contributed by atoms with Crippen LogP contribution in [0.3, 0.4) is 0 Å². The van der Waals surface area contributed by atoms with Gasteiger partial charge in [-0.05, 0) is 43.8 Å². The number of thiocarbonyl (C=S) groups is 1. The van der Waals surface area contributed by atoms with E-state index < -0.39 is 0 Å². The zero-order valence-corrected chi connectivity index (χ0v) is 12.2. The standard InChI is InChI=1S/C13H26N2OS/c1-4-16-10-6-9-14-12(17)15-11-7-5-8-13(11,2)3/h11H,4-10H2,1-3H3,(H2,14,15,17). The maximum Gasteiger partial charge on any atom is 0.166 e. The molecule has 0 spiro atoms. The van der Waals surface area contributed by atoms with Gasteiger partial charge >= 0.3 is 0 Å². The van der Waals surface area contributed by atoms with Crippen molar-refractivity contribution in [3.05, 3.63) is 0 Å². The molecule has 2 N–H and O–H groups in total. The molecule has 17 heavy (non-hydrogen) atoms. The van der Waals surface area contributed by atoms with Crippen molar-refractivity contribution in [3.63, 3.8) is 0 Å². The van der Waals surface area contributed by atoms with Crippen LogP contribution >= 0.6 is 12.2 Å². The van der Waals surface area contributed by atoms with Crippen molar-refractivity contribution in [1.82, 2.24) is 10.6 Å². The van der Waals surface area contributed by atoms with E-state index in [-0.39, 0.29) is 0 Å². The van der Waals surface area contributed by atoms with E-state index in [1.54, 1.807) is 0 Å². The second-order valence-electron chi connectivity index (χ2n) is 5.38. The van der Waals surface area contributed by atoms with Crippen LogP contribution < -0.4 is 10.6 Å². The third kappa shape index (κ3) is 5.21. The summed E-state index contributed by atoms with van der Waals surface area (Å²) in [4.78, 5) is 0. The lowest BCUT2D eigenvalue weighted by atomic mass is 9.87. The first-order valence-electron chi connectivity index (χ1n) is 6.68. The topological polar surface area (TPSA) is 33.3 Å². The molecular formula is C13H26N2OS. The minimum absolute atomic E-state index is 0.372. The Kier molecular flexibility index (Phi) is 6.20. The van der Waals surface area contributed by atoms with Gasteiger partial charge < -0.3 is 15.4 Å². The molecule has 0 aromatic rings. The lowest BCUT2D eigenvalue weighted by Gasteiger charge is -2.29. The monoisotopic (exact) mass is 258 g/mol. The Balaban J connectivity index is 2.12. The molecular weight excluding hydrogens is 232 g/mol. The van der Waals surface area contributed by atoms with Crippen molar-refractivity contribution in [1.29, 1.82) is 0 Å². The maximum absolute atomic E-state index is 5.31. The van der Waals surface area contributed by atoms with Crippen molar-refractivity contribution in [2.24, 2.45) is 5.41 Å². The summed E-state index contributed by atoms with van der Waals surface area (Å²) in [6.45, 7) is 9.13. The molecule has 0 aromatic carbocycles. The Morgan fingerprint density at radius 3 is 2.82 bits per heavy atom. The second-order valence-corrected chi connectivity index (χ2v) is 5.79. The summed E-state index contributed by atoms with van der Waals surface area (Å²) in [5, 5.41) is 7.48. The first-order valence-corrected chi connectivity index (χ1v) is 7.09. The van der Waals surface area contributed by atoms with Gasteiger partial charge in [0.05, 0.1) is 0 Å². The molecule has 1 fully saturated rings. The normalized spacial score (nSPS) is 22.4. The molecule has 100 valence electrons. The van der Waals surface area contributed by atoms with E-state index in [2.05, 4.69) is 24.5 Å². The van der Waals surface area contributed by atoms with Crippen molar-refractivity contribution in [3.8, 4) is 0 Å². The highest BCUT2D eigenvalue weighted by molar-refractivity contribution is 7.80. The Morgan fingerprint density at radius 1 is 1.47 bits per heavy atom. The molecule has 1 rings (SSSR count). The van der Waals surface area contributed by atoms with E-state index in [1.807, 2.05) is 6.92 Å². The summed E-state index contributed by atoms with van der Waals surface area (Å²) in [6, 6.07) is 0.523. The van der Waals surface area contributed by atoms with Gasteiger partial charge in [-0.25, -0.2) is 0 Å². The van der Waals surface area contributed by atoms with Crippen molar-refractivity contribution < 1.29 is 4.74 Å². The van der Waals surface area contributed by atoms with Crippen LogP contribution in [0.2, 0.25) is 0 Å². The van der Waals surface area contributed by atoms with Gasteiger partial charge in [-0.1, -0.05) is 20.3 Å². The van der Waals surface area contributed by atoms with Crippen LogP contribution in [0.25, 0.3) is 0 Å². The van der Waals surface area contributed by atoms with E-state index in [0.29, 0.717) is 11.5 Å². The molecule has 1 aliphatic rings. The minimum atomic E-state index is 0.372. The van der Waals surface area contributed by atoms with E-state index in [9.17, 15) is 0 Å². The van der Waals surface area contributed by atoms with Crippen LogP contribution in [-0.4, -0.2) is 30.9 Å². The van der Waals surface area contributed by atoms with Gasteiger partial charge in [0.25, 0.3) is 0 Å². The van der Waals surface area contributed by atoms with E-state index in [1.165, 1.54) is 19.3 Å². The third-order valence-corrected chi connectivity index (χ3v) is 3.78. The third-order valence-electron chi connectivity index (χ3n) is 3.52. The maximum atomic E-state index is 5.31. The van der Waals surface area contributed by atoms with Crippen LogP contribution in [0.5, 0.6) is 0 Å². The number of nitrogens with one attached hydrogen (secondary N) is 2. The average Bonchev–Trinajstić information content (AvgIpc) is 2.58. The molecule has 0 radical (unpaired) electrons. The van der Waals surface area contributed by atoms with E-state index in [0.717, 1.165) is 31.3 Å². The van der Waals surface area contributed by atoms with E-state index in [4.69, 9.17) is 17.0 Å². The summed E-state index contributed by atoms with van der Waals surface area (Å²) < 4.78 is 5.28. The number of rotatable bonds is 6. The van der Waals surface area contributed by atoms with Crippen LogP contribution in [0.15, 0.2) is 0 Å². The van der Waals surface area contributed by atoms with Crippen LogP contribution in [0.1, 0.15) is 46.5 Å². The summed E-state index contributed by atoms with van der Waals surface area (Å²) in [5.74, 6) is 0. The molecule has 0 aliphatic heterocycles. The predicted molar refractivity (Wildman–Crippen MR) is 76.3 cm³/mol. The van der Waals surface area contributed by atoms with Crippen LogP contribution in [-0.2, 0) is 4.74 Å².